The van der Waals surface area contributed by atoms with Gasteiger partial charge in [0.15, 0.2) is 5.78 Å². The number of benzene rings is 1. The number of nitrogens with one attached hydrogen (secondary N) is 1. The van der Waals surface area contributed by atoms with Crippen LogP contribution in [0.2, 0.25) is 5.02 Å². The van der Waals surface area contributed by atoms with Crippen LogP contribution in [0.3, 0.4) is 0 Å². The summed E-state index contributed by atoms with van der Waals surface area (Å²) in [6.45, 7) is 0. The fourth-order valence-electron chi connectivity index (χ4n) is 1.26. The van der Waals surface area contributed by atoms with Crippen LogP contribution in [0.4, 0.5) is 0 Å². The summed E-state index contributed by atoms with van der Waals surface area (Å²) in [5.74, 6) is -0.0778. The fraction of sp³-hybridized carbons (Fsp3) is 0.100. The molecule has 2 aromatic rings. The molecule has 0 radical (unpaired) electrons. The van der Waals surface area contributed by atoms with Crippen LogP contribution in [0, 0.1) is 0 Å². The summed E-state index contributed by atoms with van der Waals surface area (Å²) in [5, 5.41) is 10.3. The van der Waals surface area contributed by atoms with E-state index in [1.54, 1.807) is 12.1 Å². The molecule has 0 saturated heterocycles. The van der Waals surface area contributed by atoms with Crippen LogP contribution in [-0.4, -0.2) is 21.2 Å². The molecule has 0 bridgehead atoms. The second kappa shape index (κ2) is 4.23. The Hall–Kier alpha value is -1.68. The molecule has 5 heteroatoms. The molecular formula is C10H8ClN3O. The van der Waals surface area contributed by atoms with E-state index in [-0.39, 0.29) is 12.2 Å². The Labute approximate surface area is 91.3 Å². The molecule has 0 aliphatic heterocycles. The molecule has 2 rings (SSSR count). The van der Waals surface area contributed by atoms with Gasteiger partial charge in [0, 0.05) is 11.4 Å². The van der Waals surface area contributed by atoms with E-state index < -0.39 is 0 Å². The molecule has 0 fully saturated rings. The zero-order valence-corrected chi connectivity index (χ0v) is 8.53. The molecule has 4 nitrogen and oxygen atoms in total. The van der Waals surface area contributed by atoms with Gasteiger partial charge < -0.3 is 0 Å². The second-order valence-corrected chi connectivity index (χ2v) is 3.52. The number of hydrogen-bond donors (Lipinski definition) is 1. The van der Waals surface area contributed by atoms with E-state index in [0.29, 0.717) is 10.7 Å². The Morgan fingerprint density at radius 3 is 3.00 bits per heavy atom. The fourth-order valence-corrected chi connectivity index (χ4v) is 1.47. The van der Waals surface area contributed by atoms with E-state index >= 15 is 0 Å². The first-order valence-electron chi connectivity index (χ1n) is 4.39. The molecule has 0 atom stereocenters. The van der Waals surface area contributed by atoms with E-state index in [4.69, 9.17) is 11.6 Å². The van der Waals surface area contributed by atoms with Crippen LogP contribution >= 0.6 is 11.6 Å². The molecular weight excluding hydrogens is 214 g/mol. The quantitative estimate of drug-likeness (QED) is 0.806. The predicted octanol–water partition coefficient (Wildman–Crippen LogP) is 1.88. The topological polar surface area (TPSA) is 58.6 Å². The number of aromatic amines is 1. The van der Waals surface area contributed by atoms with Gasteiger partial charge in [-0.25, -0.2) is 0 Å². The summed E-state index contributed by atoms with van der Waals surface area (Å²) in [6, 6.07) is 7.20. The minimum Gasteiger partial charge on any atom is -0.292 e. The Morgan fingerprint density at radius 2 is 2.33 bits per heavy atom. The number of H-pyrrole nitrogens is 1. The third-order valence-corrected chi connectivity index (χ3v) is 2.19. The first-order valence-corrected chi connectivity index (χ1v) is 4.77. The number of rotatable bonds is 3. The van der Waals surface area contributed by atoms with E-state index in [1.807, 2.05) is 12.1 Å². The average molecular weight is 222 g/mol. The SMILES string of the molecule is O=C(Cc1cccc(Cl)c1)c1cn[nH]n1. The molecule has 0 spiro atoms. The zero-order valence-electron chi connectivity index (χ0n) is 7.77. The van der Waals surface area contributed by atoms with Crippen molar-refractivity contribution in [1.29, 1.82) is 0 Å². The summed E-state index contributed by atoms with van der Waals surface area (Å²) in [4.78, 5) is 11.6. The molecule has 1 heterocycles. The van der Waals surface area contributed by atoms with Gasteiger partial charge in [-0.05, 0) is 17.7 Å². The second-order valence-electron chi connectivity index (χ2n) is 3.09. The smallest absolute Gasteiger partial charge is 0.189 e. The van der Waals surface area contributed by atoms with Crippen LogP contribution in [0.15, 0.2) is 30.5 Å². The van der Waals surface area contributed by atoms with Crippen LogP contribution < -0.4 is 0 Å². The van der Waals surface area contributed by atoms with Gasteiger partial charge in [-0.1, -0.05) is 23.7 Å². The molecule has 0 saturated carbocycles. The van der Waals surface area contributed by atoms with Crippen molar-refractivity contribution in [3.63, 3.8) is 0 Å². The number of nitrogens with zero attached hydrogens (tertiary/aromatic N) is 2. The van der Waals surface area contributed by atoms with Gasteiger partial charge in [-0.2, -0.15) is 15.4 Å². The number of aromatic nitrogens is 3. The van der Waals surface area contributed by atoms with Crippen LogP contribution in [-0.2, 0) is 6.42 Å². The molecule has 0 amide bonds. The number of carbonyl (C=O) groups is 1. The lowest BCUT2D eigenvalue weighted by Crippen LogP contribution is -2.03. The van der Waals surface area contributed by atoms with E-state index in [0.717, 1.165) is 5.56 Å². The van der Waals surface area contributed by atoms with Crippen molar-refractivity contribution < 1.29 is 4.79 Å². The summed E-state index contributed by atoms with van der Waals surface area (Å²) in [5.41, 5.74) is 1.21. The highest BCUT2D eigenvalue weighted by atomic mass is 35.5. The van der Waals surface area contributed by atoms with Crippen molar-refractivity contribution in [3.05, 3.63) is 46.7 Å². The van der Waals surface area contributed by atoms with Crippen molar-refractivity contribution in [2.45, 2.75) is 6.42 Å². The lowest BCUT2D eigenvalue weighted by atomic mass is 10.1. The number of halogens is 1. The Kier molecular flexibility index (Phi) is 2.78. The lowest BCUT2D eigenvalue weighted by Gasteiger charge is -1.98. The normalized spacial score (nSPS) is 10.2. The first-order chi connectivity index (χ1) is 7.25. The van der Waals surface area contributed by atoms with Crippen LogP contribution in [0.1, 0.15) is 16.1 Å². The van der Waals surface area contributed by atoms with Gasteiger partial charge in [-0.15, -0.1) is 0 Å². The molecule has 0 unspecified atom stereocenters. The largest absolute Gasteiger partial charge is 0.292 e. The molecule has 0 aliphatic carbocycles. The third-order valence-electron chi connectivity index (χ3n) is 1.95. The predicted molar refractivity (Wildman–Crippen MR) is 55.9 cm³/mol. The number of hydrogen-bond acceptors (Lipinski definition) is 3. The Morgan fingerprint density at radius 1 is 1.47 bits per heavy atom. The van der Waals surface area contributed by atoms with E-state index in [1.165, 1.54) is 6.20 Å². The van der Waals surface area contributed by atoms with Crippen molar-refractivity contribution in [1.82, 2.24) is 15.4 Å². The van der Waals surface area contributed by atoms with Crippen molar-refractivity contribution in [3.8, 4) is 0 Å². The van der Waals surface area contributed by atoms with Gasteiger partial charge >= 0.3 is 0 Å². The molecule has 1 N–H and O–H groups in total. The van der Waals surface area contributed by atoms with Gasteiger partial charge in [0.2, 0.25) is 0 Å². The summed E-state index contributed by atoms with van der Waals surface area (Å²) < 4.78 is 0. The van der Waals surface area contributed by atoms with Crippen molar-refractivity contribution in [2.75, 3.05) is 0 Å². The Bertz CT molecular complexity index is 467. The standard InChI is InChI=1S/C10H8ClN3O/c11-8-3-1-2-7(4-8)5-10(15)9-6-12-14-13-9/h1-4,6H,5H2,(H,12,13,14). The Balaban J connectivity index is 2.13. The highest BCUT2D eigenvalue weighted by Gasteiger charge is 2.09. The number of ketones is 1. The molecule has 1 aromatic carbocycles. The van der Waals surface area contributed by atoms with Crippen LogP contribution in [0.25, 0.3) is 0 Å². The van der Waals surface area contributed by atoms with Gasteiger partial charge in [0.25, 0.3) is 0 Å². The lowest BCUT2D eigenvalue weighted by molar-refractivity contribution is 0.0988. The zero-order chi connectivity index (χ0) is 10.7. The molecule has 76 valence electrons. The maximum atomic E-state index is 11.6. The maximum absolute atomic E-state index is 11.6. The van der Waals surface area contributed by atoms with E-state index in [2.05, 4.69) is 15.4 Å². The van der Waals surface area contributed by atoms with Gasteiger partial charge in [0.05, 0.1) is 6.20 Å². The highest BCUT2D eigenvalue weighted by Crippen LogP contribution is 2.12. The third kappa shape index (κ3) is 2.41. The minimum absolute atomic E-state index is 0.0778. The highest BCUT2D eigenvalue weighted by molar-refractivity contribution is 6.30. The van der Waals surface area contributed by atoms with Crippen LogP contribution in [0.5, 0.6) is 0 Å². The average Bonchev–Trinajstić information content (AvgIpc) is 2.70. The number of Topliss-reactive ketones (excluding diaryl/α,β-unsaturated/α-hetero) is 1. The molecule has 1 aromatic heterocycles. The summed E-state index contributed by atoms with van der Waals surface area (Å²) >= 11 is 5.81. The monoisotopic (exact) mass is 221 g/mol. The first kappa shape index (κ1) is 9.86. The van der Waals surface area contributed by atoms with Crippen molar-refractivity contribution in [2.24, 2.45) is 0 Å². The summed E-state index contributed by atoms with van der Waals surface area (Å²) in [6.07, 6.45) is 1.69. The number of carbonyl (C=O) groups excluding carboxylic acids is 1. The van der Waals surface area contributed by atoms with Gasteiger partial charge in [-0.3, -0.25) is 4.79 Å². The van der Waals surface area contributed by atoms with Crippen molar-refractivity contribution >= 4 is 17.4 Å². The maximum Gasteiger partial charge on any atom is 0.189 e. The molecule has 15 heavy (non-hydrogen) atoms. The van der Waals surface area contributed by atoms with Gasteiger partial charge in [0.1, 0.15) is 5.69 Å². The minimum atomic E-state index is -0.0778. The molecule has 0 aliphatic rings. The summed E-state index contributed by atoms with van der Waals surface area (Å²) in [7, 11) is 0. The van der Waals surface area contributed by atoms with E-state index in [9.17, 15) is 4.79 Å².